The van der Waals surface area contributed by atoms with Crippen LogP contribution in [0.4, 0.5) is 15.8 Å². The average Bonchev–Trinajstić information content (AvgIpc) is 3.62. The number of amides is 1. The Balaban J connectivity index is 1.60. The molecule has 3 aromatic heterocycles. The smallest absolute Gasteiger partial charge is 0.328 e. The lowest BCUT2D eigenvalue weighted by atomic mass is 10.0. The monoisotopic (exact) mass is 566 g/mol. The maximum Gasteiger partial charge on any atom is 0.328 e. The number of hydrogen-bond acceptors (Lipinski definition) is 5. The second-order valence-electron chi connectivity index (χ2n) is 10.4. The van der Waals surface area contributed by atoms with Crippen molar-refractivity contribution in [2.45, 2.75) is 20.3 Å². The number of halogens is 1. The van der Waals surface area contributed by atoms with Crippen molar-refractivity contribution < 1.29 is 9.18 Å². The number of carbonyl (C=O) groups is 1. The largest absolute Gasteiger partial charge is 0.383 e. The van der Waals surface area contributed by atoms with Crippen LogP contribution in [0.25, 0.3) is 50.4 Å². The van der Waals surface area contributed by atoms with Gasteiger partial charge in [-0.2, -0.15) is 0 Å². The number of nitrogens with zero attached hydrogens (tertiary/aromatic N) is 6. The topological polar surface area (TPSA) is 104 Å². The van der Waals surface area contributed by atoms with Crippen molar-refractivity contribution >= 4 is 39.3 Å². The van der Waals surface area contributed by atoms with Crippen molar-refractivity contribution in [3.63, 3.8) is 0 Å². The highest BCUT2D eigenvalue weighted by atomic mass is 19.1. The van der Waals surface area contributed by atoms with Crippen LogP contribution >= 0.6 is 0 Å². The lowest BCUT2D eigenvalue weighted by Crippen LogP contribution is -2.19. The summed E-state index contributed by atoms with van der Waals surface area (Å²) in [5.74, 6) is -0.000298. The number of anilines is 2. The molecule has 0 aliphatic carbocycles. The molecule has 10 nitrogen and oxygen atoms in total. The second-order valence-corrected chi connectivity index (χ2v) is 10.4. The maximum absolute atomic E-state index is 15.9. The number of hydrogen-bond donors (Lipinski definition) is 2. The Bertz CT molecular complexity index is 2050. The number of fused-ring (bicyclic) bond motifs is 2. The molecule has 3 heterocycles. The number of aromatic nitrogens is 6. The van der Waals surface area contributed by atoms with E-state index in [1.165, 1.54) is 13.0 Å². The molecule has 0 unspecified atom stereocenters. The molecular weight excluding hydrogens is 535 g/mol. The molecule has 0 bridgehead atoms. The zero-order valence-electron chi connectivity index (χ0n) is 24.1. The van der Waals surface area contributed by atoms with E-state index in [0.717, 1.165) is 41.1 Å². The van der Waals surface area contributed by atoms with Gasteiger partial charge in [0.1, 0.15) is 11.5 Å². The van der Waals surface area contributed by atoms with Crippen LogP contribution < -0.4 is 16.3 Å². The van der Waals surface area contributed by atoms with Gasteiger partial charge in [-0.3, -0.25) is 18.5 Å². The van der Waals surface area contributed by atoms with Crippen molar-refractivity contribution in [1.29, 1.82) is 0 Å². The fourth-order valence-electron chi connectivity index (χ4n) is 5.42. The lowest BCUT2D eigenvalue weighted by Gasteiger charge is -2.15. The Labute approximate surface area is 241 Å². The van der Waals surface area contributed by atoms with E-state index in [2.05, 4.69) is 22.5 Å². The minimum atomic E-state index is -0.412. The van der Waals surface area contributed by atoms with Gasteiger partial charge < -0.3 is 15.2 Å². The van der Waals surface area contributed by atoms with Gasteiger partial charge >= 0.3 is 5.69 Å². The summed E-state index contributed by atoms with van der Waals surface area (Å²) in [7, 11) is 5.39. The summed E-state index contributed by atoms with van der Waals surface area (Å²) in [6, 6.07) is 14.2. The Morgan fingerprint density at radius 3 is 2.43 bits per heavy atom. The highest BCUT2D eigenvalue weighted by molar-refractivity contribution is 5.94. The molecule has 0 aliphatic rings. The van der Waals surface area contributed by atoms with E-state index in [1.807, 2.05) is 28.3 Å². The zero-order chi connectivity index (χ0) is 29.7. The summed E-state index contributed by atoms with van der Waals surface area (Å²) in [6.07, 6.45) is 4.32. The molecule has 214 valence electrons. The van der Waals surface area contributed by atoms with Crippen molar-refractivity contribution in [3.05, 3.63) is 77.4 Å². The Hall–Kier alpha value is -5.19. The van der Waals surface area contributed by atoms with Gasteiger partial charge in [-0.05, 0) is 42.3 Å². The summed E-state index contributed by atoms with van der Waals surface area (Å²) in [5.41, 5.74) is 6.54. The third-order valence-electron chi connectivity index (χ3n) is 7.47. The minimum Gasteiger partial charge on any atom is -0.383 e. The van der Waals surface area contributed by atoms with Gasteiger partial charge in [0.05, 0.1) is 46.0 Å². The number of nitrogens with one attached hydrogen (secondary N) is 2. The number of carbonyl (C=O) groups excluding carboxylic acids is 1. The molecule has 42 heavy (non-hydrogen) atoms. The Kier molecular flexibility index (Phi) is 6.64. The minimum absolute atomic E-state index is 0.135. The van der Waals surface area contributed by atoms with Gasteiger partial charge in [0.2, 0.25) is 5.91 Å². The molecule has 0 saturated heterocycles. The van der Waals surface area contributed by atoms with Crippen LogP contribution in [0.3, 0.4) is 0 Å². The predicted molar refractivity (Wildman–Crippen MR) is 163 cm³/mol. The highest BCUT2D eigenvalue weighted by Crippen LogP contribution is 2.36. The summed E-state index contributed by atoms with van der Waals surface area (Å²) in [6.45, 7) is 4.24. The normalized spacial score (nSPS) is 11.5. The van der Waals surface area contributed by atoms with Crippen molar-refractivity contribution in [1.82, 2.24) is 28.2 Å². The van der Waals surface area contributed by atoms with Gasteiger partial charge in [0.15, 0.2) is 5.82 Å². The fourth-order valence-corrected chi connectivity index (χ4v) is 5.42. The van der Waals surface area contributed by atoms with E-state index < -0.39 is 5.82 Å². The molecule has 0 spiro atoms. The lowest BCUT2D eigenvalue weighted by molar-refractivity contribution is -0.114. The molecule has 0 radical (unpaired) electrons. The first kappa shape index (κ1) is 27.0. The number of aryl methyl sites for hydroxylation is 3. The third-order valence-corrected chi connectivity index (χ3v) is 7.47. The Morgan fingerprint density at radius 1 is 1.00 bits per heavy atom. The molecule has 1 amide bonds. The Morgan fingerprint density at radius 2 is 1.76 bits per heavy atom. The van der Waals surface area contributed by atoms with Gasteiger partial charge in [0.25, 0.3) is 0 Å². The first-order chi connectivity index (χ1) is 20.2. The molecule has 6 aromatic rings. The molecule has 0 fully saturated rings. The SMILES string of the molecule is CCCNc1cc(-n2c(-c3cncn3C)nc3cc(-c4ccc(NC(C)=O)cc4)c(F)cc32)cc2c1n(C)c(=O)n2C. The van der Waals surface area contributed by atoms with Crippen LogP contribution in [-0.4, -0.2) is 40.7 Å². The number of benzene rings is 3. The van der Waals surface area contributed by atoms with Crippen LogP contribution in [0, 0.1) is 5.82 Å². The molecule has 11 heteroatoms. The van der Waals surface area contributed by atoms with Gasteiger partial charge in [-0.15, -0.1) is 0 Å². The summed E-state index contributed by atoms with van der Waals surface area (Å²) in [5, 5.41) is 6.20. The molecule has 6 rings (SSSR count). The second kappa shape index (κ2) is 10.3. The molecule has 0 aliphatic heterocycles. The van der Waals surface area contributed by atoms with Crippen molar-refractivity contribution in [3.8, 4) is 28.3 Å². The summed E-state index contributed by atoms with van der Waals surface area (Å²) >= 11 is 0. The third kappa shape index (κ3) is 4.43. The van der Waals surface area contributed by atoms with Crippen LogP contribution in [0.2, 0.25) is 0 Å². The summed E-state index contributed by atoms with van der Waals surface area (Å²) in [4.78, 5) is 33.6. The predicted octanol–water partition coefficient (Wildman–Crippen LogP) is 5.20. The van der Waals surface area contributed by atoms with Gasteiger partial charge in [-0.1, -0.05) is 19.1 Å². The number of rotatable bonds is 7. The standard InChI is InChI=1S/C31H31FN8O2/c1-6-11-34-25-12-21(13-27-29(25)39(5)31(42)38(27)4)40-26-15-23(32)22(19-7-9-20(10-8-19)35-18(2)41)14-24(26)36-30(40)28-16-33-17-37(28)3/h7-10,12-17,34H,6,11H2,1-5H3,(H,35,41). The number of imidazole rings is 3. The average molecular weight is 567 g/mol. The van der Waals surface area contributed by atoms with Crippen molar-refractivity contribution in [2.24, 2.45) is 21.1 Å². The van der Waals surface area contributed by atoms with E-state index in [-0.39, 0.29) is 11.6 Å². The van der Waals surface area contributed by atoms with Crippen molar-refractivity contribution in [2.75, 3.05) is 17.2 Å². The van der Waals surface area contributed by atoms with E-state index in [4.69, 9.17) is 4.98 Å². The first-order valence-corrected chi connectivity index (χ1v) is 13.7. The van der Waals surface area contributed by atoms with E-state index in [1.54, 1.807) is 66.1 Å². The molecule has 0 saturated carbocycles. The summed E-state index contributed by atoms with van der Waals surface area (Å²) < 4.78 is 22.9. The molecular formula is C31H31FN8O2. The maximum atomic E-state index is 15.9. The van der Waals surface area contributed by atoms with Crippen LogP contribution in [0.5, 0.6) is 0 Å². The van der Waals surface area contributed by atoms with Gasteiger partial charge in [-0.25, -0.2) is 19.2 Å². The quantitative estimate of drug-likeness (QED) is 0.276. The molecule has 2 N–H and O–H groups in total. The van der Waals surface area contributed by atoms with E-state index >= 15 is 4.39 Å². The first-order valence-electron chi connectivity index (χ1n) is 13.7. The van der Waals surface area contributed by atoms with E-state index in [9.17, 15) is 9.59 Å². The van der Waals surface area contributed by atoms with Gasteiger partial charge in [0, 0.05) is 51.9 Å². The van der Waals surface area contributed by atoms with Crippen LogP contribution in [-0.2, 0) is 25.9 Å². The fraction of sp³-hybridized carbons (Fsp3) is 0.226. The van der Waals surface area contributed by atoms with E-state index in [0.29, 0.717) is 33.7 Å². The highest BCUT2D eigenvalue weighted by Gasteiger charge is 2.22. The van der Waals surface area contributed by atoms with Crippen LogP contribution in [0.1, 0.15) is 20.3 Å². The molecule has 3 aromatic carbocycles. The zero-order valence-corrected chi connectivity index (χ0v) is 24.1. The molecule has 0 atom stereocenters. The van der Waals surface area contributed by atoms with Crippen LogP contribution in [0.15, 0.2) is 65.8 Å².